The number of piperazine rings is 1. The van der Waals surface area contributed by atoms with Gasteiger partial charge < -0.3 is 15.0 Å². The highest BCUT2D eigenvalue weighted by molar-refractivity contribution is 5.95. The summed E-state index contributed by atoms with van der Waals surface area (Å²) in [4.78, 5) is 30.8. The molecule has 4 rings (SSSR count). The summed E-state index contributed by atoms with van der Waals surface area (Å²) in [6.45, 7) is 4.93. The Morgan fingerprint density at radius 2 is 1.63 bits per heavy atom. The van der Waals surface area contributed by atoms with Gasteiger partial charge in [0, 0.05) is 37.4 Å². The highest BCUT2D eigenvalue weighted by Gasteiger charge is 2.37. The molecule has 1 heterocycles. The molecule has 1 aliphatic carbocycles. The van der Waals surface area contributed by atoms with Crippen LogP contribution in [0.5, 0.6) is 5.75 Å². The van der Waals surface area contributed by atoms with Gasteiger partial charge in [0.05, 0.1) is 13.2 Å². The molecule has 1 saturated carbocycles. The van der Waals surface area contributed by atoms with E-state index in [0.29, 0.717) is 19.0 Å². The Labute approximate surface area is 209 Å². The highest BCUT2D eigenvalue weighted by Crippen LogP contribution is 2.32. The number of aryl methyl sites for hydroxylation is 1. The molecule has 1 N–H and O–H groups in total. The lowest BCUT2D eigenvalue weighted by molar-refractivity contribution is -0.123. The highest BCUT2D eigenvalue weighted by atomic mass is 16.5. The van der Waals surface area contributed by atoms with E-state index in [1.54, 1.807) is 7.11 Å². The zero-order chi connectivity index (χ0) is 24.6. The molecule has 0 aromatic heterocycles. The largest absolute Gasteiger partial charge is 0.497 e. The van der Waals surface area contributed by atoms with Gasteiger partial charge >= 0.3 is 0 Å². The molecule has 35 heavy (non-hydrogen) atoms. The number of nitrogens with one attached hydrogen (secondary N) is 1. The van der Waals surface area contributed by atoms with Crippen LogP contribution in [-0.4, -0.2) is 60.9 Å². The van der Waals surface area contributed by atoms with E-state index in [2.05, 4.69) is 29.3 Å². The van der Waals surface area contributed by atoms with Crippen molar-refractivity contribution in [3.05, 3.63) is 59.7 Å². The third-order valence-electron chi connectivity index (χ3n) is 7.49. The molecule has 1 saturated heterocycles. The van der Waals surface area contributed by atoms with Crippen LogP contribution in [0.1, 0.15) is 61.4 Å². The molecule has 2 fully saturated rings. The minimum absolute atomic E-state index is 0.0597. The molecule has 0 spiro atoms. The molecular weight excluding hydrogens is 438 g/mol. The number of carbonyl (C=O) groups is 2. The van der Waals surface area contributed by atoms with Gasteiger partial charge in [0.2, 0.25) is 5.91 Å². The summed E-state index contributed by atoms with van der Waals surface area (Å²) in [6.07, 6.45) is 7.95. The van der Waals surface area contributed by atoms with E-state index >= 15 is 0 Å². The maximum atomic E-state index is 13.4. The van der Waals surface area contributed by atoms with Crippen LogP contribution in [0.25, 0.3) is 0 Å². The molecule has 6 heteroatoms. The second-order valence-corrected chi connectivity index (χ2v) is 9.84. The van der Waals surface area contributed by atoms with Crippen LogP contribution in [0.15, 0.2) is 48.5 Å². The van der Waals surface area contributed by atoms with Crippen LogP contribution in [0.2, 0.25) is 0 Å². The van der Waals surface area contributed by atoms with Gasteiger partial charge in [-0.1, -0.05) is 38.3 Å². The first-order valence-corrected chi connectivity index (χ1v) is 13.2. The number of nitrogens with zero attached hydrogens (tertiary/aromatic N) is 2. The molecule has 1 atom stereocenters. The molecular formula is C29H39N3O3. The van der Waals surface area contributed by atoms with Gasteiger partial charge in [0.1, 0.15) is 5.75 Å². The van der Waals surface area contributed by atoms with E-state index in [9.17, 15) is 9.59 Å². The Morgan fingerprint density at radius 3 is 2.23 bits per heavy atom. The summed E-state index contributed by atoms with van der Waals surface area (Å²) in [5.74, 6) is 1.29. The van der Waals surface area contributed by atoms with E-state index in [1.165, 1.54) is 31.2 Å². The number of ether oxygens (including phenoxy) is 1. The van der Waals surface area contributed by atoms with Crippen molar-refractivity contribution in [3.8, 4) is 5.75 Å². The van der Waals surface area contributed by atoms with Crippen LogP contribution in [0, 0.1) is 5.92 Å². The summed E-state index contributed by atoms with van der Waals surface area (Å²) >= 11 is 0. The number of hydrogen-bond acceptors (Lipinski definition) is 4. The Kier molecular flexibility index (Phi) is 8.80. The number of anilines is 1. The fourth-order valence-electron chi connectivity index (χ4n) is 5.42. The lowest BCUT2D eigenvalue weighted by Gasteiger charge is -2.40. The van der Waals surface area contributed by atoms with Crippen molar-refractivity contribution in [2.24, 2.45) is 5.92 Å². The molecule has 1 aliphatic heterocycles. The van der Waals surface area contributed by atoms with Crippen LogP contribution in [0.3, 0.4) is 0 Å². The zero-order valence-corrected chi connectivity index (χ0v) is 21.2. The first kappa shape index (κ1) is 25.2. The molecule has 2 amide bonds. The van der Waals surface area contributed by atoms with Crippen LogP contribution >= 0.6 is 0 Å². The second-order valence-electron chi connectivity index (χ2n) is 9.84. The van der Waals surface area contributed by atoms with Crippen molar-refractivity contribution in [3.63, 3.8) is 0 Å². The van der Waals surface area contributed by atoms with Crippen molar-refractivity contribution in [2.75, 3.05) is 38.6 Å². The first-order chi connectivity index (χ1) is 17.1. The second kappa shape index (κ2) is 12.2. The number of amides is 2. The van der Waals surface area contributed by atoms with Crippen LogP contribution < -0.4 is 10.1 Å². The maximum Gasteiger partial charge on any atom is 0.253 e. The van der Waals surface area contributed by atoms with Gasteiger partial charge in [-0.15, -0.1) is 0 Å². The van der Waals surface area contributed by atoms with Gasteiger partial charge in [0.15, 0.2) is 0 Å². The predicted octanol–water partition coefficient (Wildman–Crippen LogP) is 4.99. The summed E-state index contributed by atoms with van der Waals surface area (Å²) in [6, 6.07) is 15.4. The summed E-state index contributed by atoms with van der Waals surface area (Å²) in [5.41, 5.74) is 2.83. The Bertz CT molecular complexity index is 960. The minimum Gasteiger partial charge on any atom is -0.497 e. The smallest absolute Gasteiger partial charge is 0.253 e. The van der Waals surface area contributed by atoms with Gasteiger partial charge in [-0.25, -0.2) is 0 Å². The quantitative estimate of drug-likeness (QED) is 0.553. The normalized spacial score (nSPS) is 17.8. The monoisotopic (exact) mass is 477 g/mol. The van der Waals surface area contributed by atoms with E-state index in [-0.39, 0.29) is 17.9 Å². The SMILES string of the molecule is CCCCc1ccc(C(=O)N2CCN([C@H](C(=O)Nc3ccc(OC)cc3)C3CCCC3)CC2)cc1. The average molecular weight is 478 g/mol. The van der Waals surface area contributed by atoms with Crippen molar-refractivity contribution in [2.45, 2.75) is 57.9 Å². The zero-order valence-electron chi connectivity index (χ0n) is 21.2. The van der Waals surface area contributed by atoms with Gasteiger partial charge in [-0.2, -0.15) is 0 Å². The molecule has 2 aromatic rings. The van der Waals surface area contributed by atoms with Gasteiger partial charge in [0.25, 0.3) is 5.91 Å². The number of benzene rings is 2. The lowest BCUT2D eigenvalue weighted by atomic mass is 9.94. The van der Waals surface area contributed by atoms with Crippen LogP contribution in [-0.2, 0) is 11.2 Å². The summed E-state index contributed by atoms with van der Waals surface area (Å²) in [5, 5.41) is 3.13. The van der Waals surface area contributed by atoms with Gasteiger partial charge in [-0.3, -0.25) is 14.5 Å². The minimum atomic E-state index is -0.158. The maximum absolute atomic E-state index is 13.4. The number of carbonyl (C=O) groups excluding carboxylic acids is 2. The van der Waals surface area contributed by atoms with E-state index in [0.717, 1.165) is 49.4 Å². The Morgan fingerprint density at radius 1 is 0.971 bits per heavy atom. The Hall–Kier alpha value is -2.86. The van der Waals surface area contributed by atoms with Crippen molar-refractivity contribution in [1.29, 1.82) is 0 Å². The van der Waals surface area contributed by atoms with Crippen molar-refractivity contribution < 1.29 is 14.3 Å². The molecule has 0 radical (unpaired) electrons. The average Bonchev–Trinajstić information content (AvgIpc) is 3.43. The third kappa shape index (κ3) is 6.43. The van der Waals surface area contributed by atoms with E-state index in [1.807, 2.05) is 41.3 Å². The summed E-state index contributed by atoms with van der Waals surface area (Å²) < 4.78 is 5.23. The summed E-state index contributed by atoms with van der Waals surface area (Å²) in [7, 11) is 1.64. The Balaban J connectivity index is 1.37. The van der Waals surface area contributed by atoms with Crippen molar-refractivity contribution in [1.82, 2.24) is 9.80 Å². The van der Waals surface area contributed by atoms with Crippen molar-refractivity contribution >= 4 is 17.5 Å². The number of hydrogen-bond donors (Lipinski definition) is 1. The third-order valence-corrected chi connectivity index (χ3v) is 7.49. The van der Waals surface area contributed by atoms with E-state index in [4.69, 9.17) is 4.74 Å². The topological polar surface area (TPSA) is 61.9 Å². The number of rotatable bonds is 9. The predicted molar refractivity (Wildman–Crippen MR) is 140 cm³/mol. The molecule has 0 bridgehead atoms. The number of methoxy groups -OCH3 is 1. The lowest BCUT2D eigenvalue weighted by Crippen LogP contribution is -2.56. The molecule has 2 aromatic carbocycles. The van der Waals surface area contributed by atoms with Crippen LogP contribution in [0.4, 0.5) is 5.69 Å². The fraction of sp³-hybridized carbons (Fsp3) is 0.517. The van der Waals surface area contributed by atoms with Gasteiger partial charge in [-0.05, 0) is 73.6 Å². The first-order valence-electron chi connectivity index (χ1n) is 13.2. The molecule has 6 nitrogen and oxygen atoms in total. The molecule has 0 unspecified atom stereocenters. The van der Waals surface area contributed by atoms with E-state index < -0.39 is 0 Å². The molecule has 188 valence electrons. The number of unbranched alkanes of at least 4 members (excludes halogenated alkanes) is 1. The fourth-order valence-corrected chi connectivity index (χ4v) is 5.42. The molecule has 2 aliphatic rings. The standard InChI is InChI=1S/C29H39N3O3/c1-3-4-7-22-10-12-24(13-11-22)29(34)32-20-18-31(19-21-32)27(23-8-5-6-9-23)28(33)30-25-14-16-26(35-2)17-15-25/h10-17,23,27H,3-9,18-21H2,1-2H3,(H,30,33)/t27-/m0/s1.